The summed E-state index contributed by atoms with van der Waals surface area (Å²) in [5.41, 5.74) is 0.411. The predicted molar refractivity (Wildman–Crippen MR) is 101 cm³/mol. The van der Waals surface area contributed by atoms with Crippen molar-refractivity contribution in [1.82, 2.24) is 20.4 Å². The second-order valence-corrected chi connectivity index (χ2v) is 8.08. The van der Waals surface area contributed by atoms with Crippen LogP contribution in [0.2, 0.25) is 5.02 Å². The zero-order valence-electron chi connectivity index (χ0n) is 15.1. The van der Waals surface area contributed by atoms with Crippen molar-refractivity contribution >= 4 is 35.2 Å². The number of rotatable bonds is 6. The molecule has 1 N–H and O–H groups in total. The van der Waals surface area contributed by atoms with Crippen molar-refractivity contribution < 1.29 is 14.0 Å². The van der Waals surface area contributed by atoms with E-state index in [-0.39, 0.29) is 34.9 Å². The summed E-state index contributed by atoms with van der Waals surface area (Å²) in [4.78, 5) is 25.4. The van der Waals surface area contributed by atoms with Crippen LogP contribution in [-0.4, -0.2) is 51.8 Å². The van der Waals surface area contributed by atoms with Gasteiger partial charge in [-0.1, -0.05) is 23.4 Å². The van der Waals surface area contributed by atoms with E-state index in [9.17, 15) is 9.59 Å². The van der Waals surface area contributed by atoms with Crippen LogP contribution >= 0.6 is 23.4 Å². The first-order valence-electron chi connectivity index (χ1n) is 7.91. The van der Waals surface area contributed by atoms with Crippen molar-refractivity contribution in [2.24, 2.45) is 0 Å². The third-order valence-corrected chi connectivity index (χ3v) is 4.19. The molecule has 0 aliphatic rings. The lowest BCUT2D eigenvalue weighted by Crippen LogP contribution is -2.46. The van der Waals surface area contributed by atoms with Gasteiger partial charge in [-0.15, -0.1) is 10.2 Å². The number of benzene rings is 1. The van der Waals surface area contributed by atoms with Crippen LogP contribution in [-0.2, 0) is 9.59 Å². The summed E-state index contributed by atoms with van der Waals surface area (Å²) in [5.74, 6) is 0.0441. The number of thioether (sulfide) groups is 1. The highest BCUT2D eigenvalue weighted by Crippen LogP contribution is 2.24. The van der Waals surface area contributed by atoms with Gasteiger partial charge < -0.3 is 14.6 Å². The Balaban J connectivity index is 1.85. The Kier molecular flexibility index (Phi) is 6.66. The molecule has 0 unspecified atom stereocenters. The largest absolute Gasteiger partial charge is 0.411 e. The van der Waals surface area contributed by atoms with Gasteiger partial charge in [0.25, 0.3) is 5.22 Å². The molecular formula is C17H21ClN4O3S. The van der Waals surface area contributed by atoms with Crippen LogP contribution in [0.3, 0.4) is 0 Å². The Morgan fingerprint density at radius 3 is 2.50 bits per heavy atom. The number of halogens is 1. The van der Waals surface area contributed by atoms with Gasteiger partial charge in [0.05, 0.1) is 12.3 Å². The highest BCUT2D eigenvalue weighted by molar-refractivity contribution is 7.99. The Labute approximate surface area is 161 Å². The highest BCUT2D eigenvalue weighted by atomic mass is 35.5. The Bertz CT molecular complexity index is 771. The van der Waals surface area contributed by atoms with Gasteiger partial charge in [-0.25, -0.2) is 0 Å². The molecule has 0 saturated heterocycles. The minimum absolute atomic E-state index is 0.00345. The number of carbonyl (C=O) groups excluding carboxylic acids is 2. The molecule has 1 heterocycles. The Morgan fingerprint density at radius 1 is 1.23 bits per heavy atom. The second kappa shape index (κ2) is 8.55. The molecular weight excluding hydrogens is 376 g/mol. The van der Waals surface area contributed by atoms with Crippen LogP contribution in [0.1, 0.15) is 20.8 Å². The van der Waals surface area contributed by atoms with Crippen molar-refractivity contribution in [2.75, 3.05) is 19.3 Å². The maximum atomic E-state index is 12.2. The van der Waals surface area contributed by atoms with Crippen LogP contribution in [0, 0.1) is 0 Å². The molecule has 0 aliphatic carbocycles. The first-order chi connectivity index (χ1) is 12.1. The third kappa shape index (κ3) is 6.34. The van der Waals surface area contributed by atoms with Crippen molar-refractivity contribution in [1.29, 1.82) is 0 Å². The van der Waals surface area contributed by atoms with Crippen molar-refractivity contribution in [3.63, 3.8) is 0 Å². The van der Waals surface area contributed by atoms with E-state index < -0.39 is 0 Å². The monoisotopic (exact) mass is 396 g/mol. The van der Waals surface area contributed by atoms with Crippen LogP contribution in [0.15, 0.2) is 33.9 Å². The second-order valence-electron chi connectivity index (χ2n) is 6.72. The van der Waals surface area contributed by atoms with Crippen LogP contribution in [0.5, 0.6) is 0 Å². The van der Waals surface area contributed by atoms with Gasteiger partial charge in [-0.3, -0.25) is 9.59 Å². The summed E-state index contributed by atoms with van der Waals surface area (Å²) in [5, 5.41) is 11.6. The van der Waals surface area contributed by atoms with E-state index in [0.29, 0.717) is 10.9 Å². The average molecular weight is 397 g/mol. The smallest absolute Gasteiger partial charge is 0.277 e. The molecule has 26 heavy (non-hydrogen) atoms. The van der Waals surface area contributed by atoms with E-state index in [4.69, 9.17) is 16.0 Å². The van der Waals surface area contributed by atoms with Crippen LogP contribution < -0.4 is 5.32 Å². The van der Waals surface area contributed by atoms with Gasteiger partial charge in [-0.05, 0) is 45.0 Å². The SMILES string of the molecule is CN(CC(=O)NC(C)(C)C)C(=O)CSc1nnc(-c2ccc(Cl)cc2)o1. The highest BCUT2D eigenvalue weighted by Gasteiger charge is 2.19. The molecule has 0 radical (unpaired) electrons. The number of likely N-dealkylation sites (N-methyl/N-ethyl adjacent to an activating group) is 1. The van der Waals surface area contributed by atoms with E-state index in [1.54, 1.807) is 31.3 Å². The molecule has 0 aliphatic heterocycles. The van der Waals surface area contributed by atoms with E-state index in [0.717, 1.165) is 17.3 Å². The minimum Gasteiger partial charge on any atom is -0.411 e. The molecule has 2 rings (SSSR count). The molecule has 0 spiro atoms. The topological polar surface area (TPSA) is 88.3 Å². The maximum absolute atomic E-state index is 12.2. The van der Waals surface area contributed by atoms with Gasteiger partial charge in [0.2, 0.25) is 17.7 Å². The Hall–Kier alpha value is -2.06. The van der Waals surface area contributed by atoms with Crippen molar-refractivity contribution in [3.8, 4) is 11.5 Å². The van der Waals surface area contributed by atoms with E-state index >= 15 is 0 Å². The van der Waals surface area contributed by atoms with Crippen molar-refractivity contribution in [3.05, 3.63) is 29.3 Å². The first-order valence-corrected chi connectivity index (χ1v) is 9.27. The normalized spacial score (nSPS) is 11.3. The van der Waals surface area contributed by atoms with Crippen LogP contribution in [0.4, 0.5) is 0 Å². The van der Waals surface area contributed by atoms with Crippen molar-refractivity contribution in [2.45, 2.75) is 31.5 Å². The minimum atomic E-state index is -0.336. The fourth-order valence-corrected chi connectivity index (χ4v) is 2.80. The lowest BCUT2D eigenvalue weighted by Gasteiger charge is -2.23. The lowest BCUT2D eigenvalue weighted by molar-refractivity contribution is -0.133. The Morgan fingerprint density at radius 2 is 1.88 bits per heavy atom. The number of nitrogens with one attached hydrogen (secondary N) is 1. The number of hydrogen-bond donors (Lipinski definition) is 1. The number of nitrogens with zero attached hydrogens (tertiary/aromatic N) is 3. The quantitative estimate of drug-likeness (QED) is 0.755. The fraction of sp³-hybridized carbons (Fsp3) is 0.412. The molecule has 0 fully saturated rings. The average Bonchev–Trinajstić information content (AvgIpc) is 3.00. The summed E-state index contributed by atoms with van der Waals surface area (Å²) >= 11 is 6.97. The lowest BCUT2D eigenvalue weighted by atomic mass is 10.1. The summed E-state index contributed by atoms with van der Waals surface area (Å²) in [7, 11) is 1.58. The first kappa shape index (κ1) is 20.3. The molecule has 7 nitrogen and oxygen atoms in total. The molecule has 0 saturated carbocycles. The number of amides is 2. The molecule has 0 atom stereocenters. The summed E-state index contributed by atoms with van der Waals surface area (Å²) in [6.45, 7) is 5.65. The van der Waals surface area contributed by atoms with Gasteiger partial charge in [0.15, 0.2) is 0 Å². The summed E-state index contributed by atoms with van der Waals surface area (Å²) in [6, 6.07) is 7.01. The summed E-state index contributed by atoms with van der Waals surface area (Å²) < 4.78 is 5.53. The van der Waals surface area contributed by atoms with E-state index in [1.165, 1.54) is 4.90 Å². The molecule has 1 aromatic carbocycles. The number of carbonyl (C=O) groups is 2. The maximum Gasteiger partial charge on any atom is 0.277 e. The number of aromatic nitrogens is 2. The molecule has 2 aromatic rings. The molecule has 9 heteroatoms. The zero-order valence-corrected chi connectivity index (χ0v) is 16.6. The number of hydrogen-bond acceptors (Lipinski definition) is 6. The molecule has 1 aromatic heterocycles. The van der Waals surface area contributed by atoms with Gasteiger partial charge in [0, 0.05) is 23.2 Å². The van der Waals surface area contributed by atoms with E-state index in [1.807, 2.05) is 20.8 Å². The molecule has 2 amide bonds. The zero-order chi connectivity index (χ0) is 19.3. The van der Waals surface area contributed by atoms with E-state index in [2.05, 4.69) is 15.5 Å². The third-order valence-electron chi connectivity index (χ3n) is 3.14. The molecule has 140 valence electrons. The summed E-state index contributed by atoms with van der Waals surface area (Å²) in [6.07, 6.45) is 0. The van der Waals surface area contributed by atoms with Gasteiger partial charge in [-0.2, -0.15) is 0 Å². The van der Waals surface area contributed by atoms with Gasteiger partial charge >= 0.3 is 0 Å². The standard InChI is InChI=1S/C17H21ClN4O3S/c1-17(2,3)19-13(23)9-22(4)14(24)10-26-16-21-20-15(25-16)11-5-7-12(18)8-6-11/h5-8H,9-10H2,1-4H3,(H,19,23). The predicted octanol–water partition coefficient (Wildman–Crippen LogP) is 2.86. The fourth-order valence-electron chi connectivity index (χ4n) is 1.97. The van der Waals surface area contributed by atoms with Crippen LogP contribution in [0.25, 0.3) is 11.5 Å². The van der Waals surface area contributed by atoms with Gasteiger partial charge in [0.1, 0.15) is 0 Å². The molecule has 0 bridgehead atoms.